The molecule has 0 saturated heterocycles. The first kappa shape index (κ1) is 13.1. The van der Waals surface area contributed by atoms with E-state index < -0.39 is 18.9 Å². The normalized spacial score (nSPS) is 14.2. The van der Waals surface area contributed by atoms with Crippen LogP contribution < -0.4 is 5.73 Å². The first-order chi connectivity index (χ1) is 9.21. The molecular weight excluding hydrogens is 254 g/mol. The number of carbonyl (C=O) groups is 2. The van der Waals surface area contributed by atoms with Gasteiger partial charge in [0, 0.05) is 0 Å². The summed E-state index contributed by atoms with van der Waals surface area (Å²) >= 11 is 0. The molecule has 0 aliphatic carbocycles. The second-order valence-corrected chi connectivity index (χ2v) is 3.60. The molecule has 0 fully saturated rings. The number of aldehydes is 2. The van der Waals surface area contributed by atoms with Crippen molar-refractivity contribution < 1.29 is 19.4 Å². The highest BCUT2D eigenvalue weighted by Gasteiger charge is 2.20. The molecule has 2 aromatic rings. The van der Waals surface area contributed by atoms with Gasteiger partial charge in [0.05, 0.1) is 12.9 Å². The Kier molecular flexibility index (Phi) is 3.78. The van der Waals surface area contributed by atoms with Crippen LogP contribution in [-0.2, 0) is 14.3 Å². The number of aliphatic hydroxyl groups excluding tert-OH is 1. The zero-order valence-corrected chi connectivity index (χ0v) is 9.71. The minimum atomic E-state index is -1.14. The first-order valence-electron chi connectivity index (χ1n) is 5.31. The molecule has 2 aromatic heterocycles. The van der Waals surface area contributed by atoms with Gasteiger partial charge in [-0.2, -0.15) is 0 Å². The molecular formula is C10H11N5O4. The summed E-state index contributed by atoms with van der Waals surface area (Å²) in [7, 11) is 0. The van der Waals surface area contributed by atoms with Crippen molar-refractivity contribution in [1.29, 1.82) is 0 Å². The van der Waals surface area contributed by atoms with Gasteiger partial charge in [-0.25, -0.2) is 15.0 Å². The summed E-state index contributed by atoms with van der Waals surface area (Å²) in [5, 5.41) is 8.88. The molecule has 0 radical (unpaired) electrons. The zero-order chi connectivity index (χ0) is 13.8. The lowest BCUT2D eigenvalue weighted by Gasteiger charge is -2.16. The third-order valence-electron chi connectivity index (χ3n) is 2.42. The van der Waals surface area contributed by atoms with Gasteiger partial charge in [-0.15, -0.1) is 0 Å². The fourth-order valence-corrected chi connectivity index (χ4v) is 1.52. The minimum absolute atomic E-state index is 0.169. The lowest BCUT2D eigenvalue weighted by Crippen LogP contribution is -2.26. The van der Waals surface area contributed by atoms with E-state index in [9.17, 15) is 9.59 Å². The average Bonchev–Trinajstić information content (AvgIpc) is 2.86. The zero-order valence-electron chi connectivity index (χ0n) is 9.71. The van der Waals surface area contributed by atoms with Crippen LogP contribution in [0.3, 0.4) is 0 Å². The number of anilines is 1. The highest BCUT2D eigenvalue weighted by atomic mass is 16.5. The van der Waals surface area contributed by atoms with E-state index in [2.05, 4.69) is 15.0 Å². The molecule has 9 nitrogen and oxygen atoms in total. The molecule has 0 aromatic carbocycles. The van der Waals surface area contributed by atoms with E-state index in [0.29, 0.717) is 23.7 Å². The van der Waals surface area contributed by atoms with Gasteiger partial charge in [-0.05, 0) is 0 Å². The van der Waals surface area contributed by atoms with Gasteiger partial charge in [0.1, 0.15) is 17.9 Å². The predicted octanol–water partition coefficient (Wildman–Crippen LogP) is -1.32. The molecule has 0 aliphatic heterocycles. The molecule has 2 unspecified atom stereocenters. The monoisotopic (exact) mass is 265 g/mol. The summed E-state index contributed by atoms with van der Waals surface area (Å²) in [4.78, 5) is 33.3. The number of hydrogen-bond acceptors (Lipinski definition) is 8. The SMILES string of the molecule is Nc1ncnc2c1ncn2C(C=O)OC(C=O)CO. The lowest BCUT2D eigenvalue weighted by atomic mass is 10.4. The van der Waals surface area contributed by atoms with Gasteiger partial charge in [0.25, 0.3) is 0 Å². The molecule has 3 N–H and O–H groups in total. The Morgan fingerprint density at radius 1 is 1.37 bits per heavy atom. The Hall–Kier alpha value is -2.39. The Labute approximate surface area is 107 Å². The van der Waals surface area contributed by atoms with E-state index in [-0.39, 0.29) is 5.82 Å². The standard InChI is InChI=1S/C10H11N5O4/c11-9-8-10(13-4-12-9)15(5-14-8)7(3-18)19-6(1-16)2-17/h1,3-7,17H,2H2,(H2,11,12,13). The molecule has 0 bridgehead atoms. The van der Waals surface area contributed by atoms with E-state index in [1.807, 2.05) is 0 Å². The van der Waals surface area contributed by atoms with Crippen molar-refractivity contribution in [1.82, 2.24) is 19.5 Å². The molecule has 0 spiro atoms. The van der Waals surface area contributed by atoms with Gasteiger partial charge in [0.15, 0.2) is 30.3 Å². The molecule has 2 rings (SSSR count). The van der Waals surface area contributed by atoms with Crippen molar-refractivity contribution in [3.8, 4) is 0 Å². The number of fused-ring (bicyclic) bond motifs is 1. The van der Waals surface area contributed by atoms with Crippen LogP contribution in [0.2, 0.25) is 0 Å². The molecule has 0 aliphatic rings. The van der Waals surface area contributed by atoms with Crippen LogP contribution in [0.25, 0.3) is 11.2 Å². The maximum Gasteiger partial charge on any atom is 0.193 e. The maximum atomic E-state index is 11.1. The minimum Gasteiger partial charge on any atom is -0.393 e. The highest BCUT2D eigenvalue weighted by molar-refractivity contribution is 5.81. The van der Waals surface area contributed by atoms with Gasteiger partial charge < -0.3 is 20.4 Å². The largest absolute Gasteiger partial charge is 0.393 e. The average molecular weight is 265 g/mol. The van der Waals surface area contributed by atoms with E-state index >= 15 is 0 Å². The second-order valence-electron chi connectivity index (χ2n) is 3.60. The number of imidazole rings is 1. The molecule has 9 heteroatoms. The number of aliphatic hydroxyl groups is 1. The van der Waals surface area contributed by atoms with Crippen LogP contribution in [-0.4, -0.2) is 49.9 Å². The van der Waals surface area contributed by atoms with Crippen LogP contribution in [0.5, 0.6) is 0 Å². The van der Waals surface area contributed by atoms with Crippen LogP contribution >= 0.6 is 0 Å². The smallest absolute Gasteiger partial charge is 0.193 e. The summed E-state index contributed by atoms with van der Waals surface area (Å²) in [6.45, 7) is -0.530. The quantitative estimate of drug-likeness (QED) is 0.614. The van der Waals surface area contributed by atoms with Crippen LogP contribution in [0, 0.1) is 0 Å². The van der Waals surface area contributed by atoms with Crippen molar-refractivity contribution in [2.24, 2.45) is 0 Å². The second kappa shape index (κ2) is 5.50. The van der Waals surface area contributed by atoms with E-state index in [0.717, 1.165) is 0 Å². The van der Waals surface area contributed by atoms with Crippen molar-refractivity contribution in [2.45, 2.75) is 12.3 Å². The molecule has 19 heavy (non-hydrogen) atoms. The summed E-state index contributed by atoms with van der Waals surface area (Å²) in [5.74, 6) is 0.169. The molecule has 2 heterocycles. The summed E-state index contributed by atoms with van der Waals surface area (Å²) in [5.41, 5.74) is 6.23. The number of nitrogen functional groups attached to an aromatic ring is 1. The van der Waals surface area contributed by atoms with Gasteiger partial charge >= 0.3 is 0 Å². The van der Waals surface area contributed by atoms with Gasteiger partial charge in [-0.1, -0.05) is 0 Å². The molecule has 2 atom stereocenters. The first-order valence-corrected chi connectivity index (χ1v) is 5.31. The lowest BCUT2D eigenvalue weighted by molar-refractivity contribution is -0.139. The third-order valence-corrected chi connectivity index (χ3v) is 2.42. The Morgan fingerprint density at radius 2 is 2.16 bits per heavy atom. The van der Waals surface area contributed by atoms with Crippen molar-refractivity contribution in [3.05, 3.63) is 12.7 Å². The van der Waals surface area contributed by atoms with Crippen molar-refractivity contribution in [3.63, 3.8) is 0 Å². The summed E-state index contributed by atoms with van der Waals surface area (Å²) in [6, 6.07) is 0. The molecule has 100 valence electrons. The number of aromatic nitrogens is 4. The number of ether oxygens (including phenoxy) is 1. The highest BCUT2D eigenvalue weighted by Crippen LogP contribution is 2.19. The maximum absolute atomic E-state index is 11.1. The van der Waals surface area contributed by atoms with Crippen LogP contribution in [0.1, 0.15) is 6.23 Å². The van der Waals surface area contributed by atoms with E-state index in [4.69, 9.17) is 15.6 Å². The van der Waals surface area contributed by atoms with E-state index in [1.165, 1.54) is 17.2 Å². The Bertz CT molecular complexity index is 599. The number of nitrogens with two attached hydrogens (primary N) is 1. The number of hydrogen-bond donors (Lipinski definition) is 2. The predicted molar refractivity (Wildman–Crippen MR) is 62.9 cm³/mol. The number of nitrogens with zero attached hydrogens (tertiary/aromatic N) is 4. The fourth-order valence-electron chi connectivity index (χ4n) is 1.52. The topological polar surface area (TPSA) is 133 Å². The Balaban J connectivity index is 2.38. The van der Waals surface area contributed by atoms with Crippen molar-refractivity contribution in [2.75, 3.05) is 12.3 Å². The van der Waals surface area contributed by atoms with Crippen LogP contribution in [0.15, 0.2) is 12.7 Å². The molecule has 0 amide bonds. The van der Waals surface area contributed by atoms with E-state index in [1.54, 1.807) is 0 Å². The summed E-state index contributed by atoms with van der Waals surface area (Å²) < 4.78 is 6.42. The Morgan fingerprint density at radius 3 is 2.79 bits per heavy atom. The number of rotatable bonds is 6. The van der Waals surface area contributed by atoms with Crippen molar-refractivity contribution >= 4 is 29.6 Å². The van der Waals surface area contributed by atoms with Gasteiger partial charge in [-0.3, -0.25) is 9.36 Å². The number of carbonyl (C=O) groups excluding carboxylic acids is 2. The van der Waals surface area contributed by atoms with Gasteiger partial charge in [0.2, 0.25) is 0 Å². The molecule has 0 saturated carbocycles. The summed E-state index contributed by atoms with van der Waals surface area (Å²) in [6.07, 6.45) is 1.15. The fraction of sp³-hybridized carbons (Fsp3) is 0.300. The van der Waals surface area contributed by atoms with Crippen LogP contribution in [0.4, 0.5) is 5.82 Å². The third kappa shape index (κ3) is 2.41.